The number of aromatic nitrogens is 2. The molecule has 9 heteroatoms. The molecule has 0 aliphatic heterocycles. The maximum Gasteiger partial charge on any atom is 0.416 e. The fourth-order valence-electron chi connectivity index (χ4n) is 3.50. The summed E-state index contributed by atoms with van der Waals surface area (Å²) in [5.41, 5.74) is 1.76. The van der Waals surface area contributed by atoms with Crippen molar-refractivity contribution in [3.8, 4) is 0 Å². The Labute approximate surface area is 180 Å². The minimum absolute atomic E-state index is 0.448. The molecule has 0 aliphatic rings. The predicted octanol–water partition coefficient (Wildman–Crippen LogP) is 6.19. The first-order valence-electron chi connectivity index (χ1n) is 9.64. The number of carbonyl (C=O) groups is 1. The summed E-state index contributed by atoms with van der Waals surface area (Å²) in [5.74, 6) is -0.967. The Morgan fingerprint density at radius 2 is 1.72 bits per heavy atom. The Kier molecular flexibility index (Phi) is 5.56. The van der Waals surface area contributed by atoms with Crippen molar-refractivity contribution in [2.45, 2.75) is 19.6 Å². The zero-order valence-corrected chi connectivity index (χ0v) is 16.9. The van der Waals surface area contributed by atoms with E-state index in [-0.39, 0.29) is 0 Å². The van der Waals surface area contributed by atoms with Gasteiger partial charge in [-0.25, -0.2) is 9.18 Å². The molecule has 2 N–H and O–H groups in total. The molecule has 164 valence electrons. The first-order chi connectivity index (χ1) is 15.2. The molecule has 5 nitrogen and oxygen atoms in total. The summed E-state index contributed by atoms with van der Waals surface area (Å²) >= 11 is 0. The number of rotatable bonds is 4. The summed E-state index contributed by atoms with van der Waals surface area (Å²) in [5, 5.41) is 5.51. The third-order valence-corrected chi connectivity index (χ3v) is 5.02. The fourth-order valence-corrected chi connectivity index (χ4v) is 3.50. The second kappa shape index (κ2) is 8.33. The largest absolute Gasteiger partial charge is 0.416 e. The van der Waals surface area contributed by atoms with E-state index in [2.05, 4.69) is 15.6 Å². The Balaban J connectivity index is 1.59. The zero-order chi connectivity index (χ0) is 22.9. The van der Waals surface area contributed by atoms with Gasteiger partial charge >= 0.3 is 12.2 Å². The standard InChI is InChI=1S/C23H18F4N4O/c1-14-2-5-19(17-8-11-31(21(14)17)13-15-6-9-28-10-7-15)29-22(32)30-20-12-16(23(25,26)27)3-4-18(20)24/h2-12H,13H2,1H3,(H2,29,30,32). The number of aryl methyl sites for hydroxylation is 1. The van der Waals surface area contributed by atoms with Gasteiger partial charge in [-0.2, -0.15) is 13.2 Å². The van der Waals surface area contributed by atoms with Gasteiger partial charge in [0.15, 0.2) is 0 Å². The van der Waals surface area contributed by atoms with Crippen molar-refractivity contribution in [2.24, 2.45) is 0 Å². The third-order valence-electron chi connectivity index (χ3n) is 5.02. The fraction of sp³-hybridized carbons (Fsp3) is 0.130. The molecule has 0 radical (unpaired) electrons. The van der Waals surface area contributed by atoms with E-state index in [1.165, 1.54) is 0 Å². The second-order valence-electron chi connectivity index (χ2n) is 7.26. The molecule has 2 heterocycles. The van der Waals surface area contributed by atoms with E-state index in [1.807, 2.05) is 42.0 Å². The van der Waals surface area contributed by atoms with Gasteiger partial charge < -0.3 is 15.2 Å². The molecule has 0 fully saturated rings. The predicted molar refractivity (Wildman–Crippen MR) is 114 cm³/mol. The van der Waals surface area contributed by atoms with Crippen LogP contribution in [-0.4, -0.2) is 15.6 Å². The highest BCUT2D eigenvalue weighted by Crippen LogP contribution is 2.32. The Morgan fingerprint density at radius 1 is 1.00 bits per heavy atom. The first-order valence-corrected chi connectivity index (χ1v) is 9.64. The molecule has 2 aromatic carbocycles. The zero-order valence-electron chi connectivity index (χ0n) is 16.9. The maximum absolute atomic E-state index is 14.0. The topological polar surface area (TPSA) is 59.0 Å². The molecule has 0 aliphatic carbocycles. The van der Waals surface area contributed by atoms with Gasteiger partial charge in [-0.15, -0.1) is 0 Å². The second-order valence-corrected chi connectivity index (χ2v) is 7.26. The summed E-state index contributed by atoms with van der Waals surface area (Å²) in [6.07, 6.45) is 0.644. The van der Waals surface area contributed by atoms with Crippen LogP contribution in [0.4, 0.5) is 33.7 Å². The average molecular weight is 442 g/mol. The molecule has 0 saturated heterocycles. The van der Waals surface area contributed by atoms with Gasteiger partial charge in [0.25, 0.3) is 0 Å². The number of hydrogen-bond donors (Lipinski definition) is 2. The number of halogens is 4. The van der Waals surface area contributed by atoms with E-state index >= 15 is 0 Å². The normalized spacial score (nSPS) is 11.5. The minimum atomic E-state index is -4.65. The van der Waals surface area contributed by atoms with Crippen LogP contribution in [0.1, 0.15) is 16.7 Å². The Morgan fingerprint density at radius 3 is 2.44 bits per heavy atom. The number of amides is 2. The summed E-state index contributed by atoms with van der Waals surface area (Å²) in [6, 6.07) is 10.2. The number of nitrogens with one attached hydrogen (secondary N) is 2. The lowest BCUT2D eigenvalue weighted by atomic mass is 10.1. The van der Waals surface area contributed by atoms with Crippen LogP contribution in [0.3, 0.4) is 0 Å². The van der Waals surface area contributed by atoms with Gasteiger partial charge in [0.1, 0.15) is 5.82 Å². The molecule has 0 atom stereocenters. The smallest absolute Gasteiger partial charge is 0.343 e. The van der Waals surface area contributed by atoms with Crippen molar-refractivity contribution in [3.05, 3.63) is 89.6 Å². The SMILES string of the molecule is Cc1ccc(NC(=O)Nc2cc(C(F)(F)F)ccc2F)c2ccn(Cc3ccncc3)c12. The molecule has 2 aromatic heterocycles. The van der Waals surface area contributed by atoms with Crippen molar-refractivity contribution in [3.63, 3.8) is 0 Å². The monoisotopic (exact) mass is 442 g/mol. The average Bonchev–Trinajstić information content (AvgIpc) is 3.16. The molecule has 2 amide bonds. The number of alkyl halides is 3. The molecule has 0 unspecified atom stereocenters. The molecular formula is C23H18F4N4O. The van der Waals surface area contributed by atoms with Gasteiger partial charge in [0, 0.05) is 30.5 Å². The molecule has 0 saturated carbocycles. The summed E-state index contributed by atoms with van der Waals surface area (Å²) in [6.45, 7) is 2.53. The van der Waals surface area contributed by atoms with E-state index in [4.69, 9.17) is 0 Å². The number of benzene rings is 2. The molecular weight excluding hydrogens is 424 g/mol. The van der Waals surface area contributed by atoms with Crippen molar-refractivity contribution in [1.29, 1.82) is 0 Å². The molecule has 4 aromatic rings. The highest BCUT2D eigenvalue weighted by atomic mass is 19.4. The van der Waals surface area contributed by atoms with Crippen molar-refractivity contribution < 1.29 is 22.4 Å². The van der Waals surface area contributed by atoms with Crippen LogP contribution < -0.4 is 10.6 Å². The molecule has 32 heavy (non-hydrogen) atoms. The number of hydrogen-bond acceptors (Lipinski definition) is 2. The summed E-state index contributed by atoms with van der Waals surface area (Å²) in [4.78, 5) is 16.4. The number of nitrogens with zero attached hydrogens (tertiary/aromatic N) is 2. The quantitative estimate of drug-likeness (QED) is 0.370. The first kappa shape index (κ1) is 21.4. The van der Waals surface area contributed by atoms with E-state index in [0.29, 0.717) is 30.4 Å². The Hall–Kier alpha value is -3.88. The number of fused-ring (bicyclic) bond motifs is 1. The van der Waals surface area contributed by atoms with Gasteiger partial charge in [-0.3, -0.25) is 4.98 Å². The van der Waals surface area contributed by atoms with Crippen LogP contribution in [0, 0.1) is 12.7 Å². The van der Waals surface area contributed by atoms with Gasteiger partial charge in [0.05, 0.1) is 22.5 Å². The number of pyridine rings is 1. The third kappa shape index (κ3) is 4.41. The highest BCUT2D eigenvalue weighted by Gasteiger charge is 2.31. The van der Waals surface area contributed by atoms with Gasteiger partial charge in [0.2, 0.25) is 0 Å². The van der Waals surface area contributed by atoms with Crippen LogP contribution >= 0.6 is 0 Å². The molecule has 0 spiro atoms. The van der Waals surface area contributed by atoms with E-state index < -0.39 is 29.3 Å². The number of carbonyl (C=O) groups excluding carboxylic acids is 1. The lowest BCUT2D eigenvalue weighted by Crippen LogP contribution is -2.21. The molecule has 0 bridgehead atoms. The van der Waals surface area contributed by atoms with Gasteiger partial charge in [-0.1, -0.05) is 6.07 Å². The van der Waals surface area contributed by atoms with Crippen LogP contribution in [0.15, 0.2) is 67.1 Å². The summed E-state index contributed by atoms with van der Waals surface area (Å²) in [7, 11) is 0. The van der Waals surface area contributed by atoms with Crippen LogP contribution in [0.25, 0.3) is 10.9 Å². The van der Waals surface area contributed by atoms with Crippen molar-refractivity contribution >= 4 is 28.3 Å². The van der Waals surface area contributed by atoms with E-state index in [1.54, 1.807) is 18.5 Å². The van der Waals surface area contributed by atoms with E-state index in [0.717, 1.165) is 22.0 Å². The van der Waals surface area contributed by atoms with Crippen LogP contribution in [-0.2, 0) is 12.7 Å². The lowest BCUT2D eigenvalue weighted by Gasteiger charge is -2.13. The van der Waals surface area contributed by atoms with Crippen LogP contribution in [0.2, 0.25) is 0 Å². The number of urea groups is 1. The van der Waals surface area contributed by atoms with Crippen molar-refractivity contribution in [1.82, 2.24) is 9.55 Å². The maximum atomic E-state index is 14.0. The van der Waals surface area contributed by atoms with Crippen LogP contribution in [0.5, 0.6) is 0 Å². The van der Waals surface area contributed by atoms with Crippen molar-refractivity contribution in [2.75, 3.05) is 10.6 Å². The van der Waals surface area contributed by atoms with E-state index in [9.17, 15) is 22.4 Å². The molecule has 4 rings (SSSR count). The summed E-state index contributed by atoms with van der Waals surface area (Å²) < 4.78 is 54.7. The minimum Gasteiger partial charge on any atom is -0.343 e. The Bertz CT molecular complexity index is 1280. The number of anilines is 2. The highest BCUT2D eigenvalue weighted by molar-refractivity contribution is 6.06. The lowest BCUT2D eigenvalue weighted by molar-refractivity contribution is -0.137. The van der Waals surface area contributed by atoms with Gasteiger partial charge in [-0.05, 0) is 60.5 Å².